The molecule has 3 aromatic rings. The fourth-order valence-electron chi connectivity index (χ4n) is 4.55. The maximum atomic E-state index is 13.2. The highest BCUT2D eigenvalue weighted by Crippen LogP contribution is 2.35. The van der Waals surface area contributed by atoms with E-state index in [0.29, 0.717) is 24.3 Å². The van der Waals surface area contributed by atoms with E-state index in [9.17, 15) is 14.4 Å². The number of aryl methyl sites for hydroxylation is 1. The molecule has 1 aromatic heterocycles. The van der Waals surface area contributed by atoms with Crippen LogP contribution in [0.4, 0.5) is 5.69 Å². The van der Waals surface area contributed by atoms with Gasteiger partial charge in [0.25, 0.3) is 11.8 Å². The maximum absolute atomic E-state index is 13.2. The lowest BCUT2D eigenvalue weighted by atomic mass is 9.85. The highest BCUT2D eigenvalue weighted by atomic mass is 16.3. The highest BCUT2D eigenvalue weighted by Gasteiger charge is 2.36. The van der Waals surface area contributed by atoms with Gasteiger partial charge in [0.15, 0.2) is 5.76 Å². The Morgan fingerprint density at radius 1 is 1.16 bits per heavy atom. The van der Waals surface area contributed by atoms with E-state index >= 15 is 0 Å². The molecule has 32 heavy (non-hydrogen) atoms. The van der Waals surface area contributed by atoms with Crippen LogP contribution in [0.2, 0.25) is 0 Å². The van der Waals surface area contributed by atoms with E-state index in [4.69, 9.17) is 4.42 Å². The molecule has 0 fully saturated rings. The summed E-state index contributed by atoms with van der Waals surface area (Å²) in [4.78, 5) is 39.6. The van der Waals surface area contributed by atoms with Crippen LogP contribution in [-0.4, -0.2) is 35.7 Å². The lowest BCUT2D eigenvalue weighted by molar-refractivity contribution is -0.133. The van der Waals surface area contributed by atoms with Crippen LogP contribution in [0.1, 0.15) is 49.2 Å². The van der Waals surface area contributed by atoms with Crippen LogP contribution in [0, 0.1) is 6.92 Å². The summed E-state index contributed by atoms with van der Waals surface area (Å²) in [6, 6.07) is 14.6. The third kappa shape index (κ3) is 3.56. The Hall–Kier alpha value is -3.87. The van der Waals surface area contributed by atoms with Gasteiger partial charge < -0.3 is 20.0 Å². The van der Waals surface area contributed by atoms with Crippen molar-refractivity contribution in [1.82, 2.24) is 10.2 Å². The van der Waals surface area contributed by atoms with Gasteiger partial charge in [0.1, 0.15) is 0 Å². The summed E-state index contributed by atoms with van der Waals surface area (Å²) in [5.41, 5.74) is 5.08. The molecular weight excluding hydrogens is 406 g/mol. The van der Waals surface area contributed by atoms with Crippen LogP contribution < -0.4 is 10.6 Å². The number of nitrogens with one attached hydrogen (secondary N) is 2. The van der Waals surface area contributed by atoms with Gasteiger partial charge in [-0.2, -0.15) is 0 Å². The van der Waals surface area contributed by atoms with Crippen molar-refractivity contribution in [2.45, 2.75) is 25.8 Å². The number of benzene rings is 2. The highest BCUT2D eigenvalue weighted by molar-refractivity contribution is 6.03. The predicted octanol–water partition coefficient (Wildman–Crippen LogP) is 3.25. The molecule has 3 amide bonds. The number of nitrogens with zero attached hydrogens (tertiary/aromatic N) is 1. The number of furan rings is 1. The predicted molar refractivity (Wildman–Crippen MR) is 118 cm³/mol. The zero-order valence-corrected chi connectivity index (χ0v) is 17.7. The SMILES string of the molecule is Cc1ccoc1C(=O)Nc1ccc(CC(=O)N2CCc3cccc4c3C2CNC4=O)cc1. The summed E-state index contributed by atoms with van der Waals surface area (Å²) in [6.45, 7) is 2.88. The second-order valence-corrected chi connectivity index (χ2v) is 8.20. The van der Waals surface area contributed by atoms with Crippen LogP contribution >= 0.6 is 0 Å². The fraction of sp³-hybridized carbons (Fsp3) is 0.240. The van der Waals surface area contributed by atoms with Gasteiger partial charge in [-0.3, -0.25) is 14.4 Å². The number of hydrogen-bond acceptors (Lipinski definition) is 4. The lowest BCUT2D eigenvalue weighted by Crippen LogP contribution is -2.49. The van der Waals surface area contributed by atoms with Crippen molar-refractivity contribution in [3.8, 4) is 0 Å². The van der Waals surface area contributed by atoms with Gasteiger partial charge in [-0.25, -0.2) is 0 Å². The number of rotatable bonds is 4. The molecule has 2 aromatic carbocycles. The summed E-state index contributed by atoms with van der Waals surface area (Å²) in [5, 5.41) is 5.72. The molecular formula is C25H23N3O4. The van der Waals surface area contributed by atoms with E-state index in [0.717, 1.165) is 28.7 Å². The maximum Gasteiger partial charge on any atom is 0.291 e. The van der Waals surface area contributed by atoms with Gasteiger partial charge in [0.05, 0.1) is 18.7 Å². The van der Waals surface area contributed by atoms with E-state index in [1.165, 1.54) is 6.26 Å². The zero-order chi connectivity index (χ0) is 22.2. The van der Waals surface area contributed by atoms with Gasteiger partial charge in [0.2, 0.25) is 5.91 Å². The molecule has 7 heteroatoms. The minimum absolute atomic E-state index is 0.0228. The Kier molecular flexibility index (Phi) is 5.01. The molecule has 0 spiro atoms. The first kappa shape index (κ1) is 20.1. The topological polar surface area (TPSA) is 91.7 Å². The second-order valence-electron chi connectivity index (χ2n) is 8.20. The standard InChI is InChI=1S/C25H23N3O4/c1-15-10-12-32-23(15)25(31)27-18-7-5-16(6-8-18)13-21(29)28-11-9-17-3-2-4-19-22(17)20(28)14-26-24(19)30/h2-8,10,12,20H,9,11,13-14H2,1H3,(H,26,30)(H,27,31). The first-order chi connectivity index (χ1) is 15.5. The van der Waals surface area contributed by atoms with Crippen LogP contribution in [-0.2, 0) is 17.6 Å². The van der Waals surface area contributed by atoms with Crippen LogP contribution in [0.3, 0.4) is 0 Å². The van der Waals surface area contributed by atoms with Crippen molar-refractivity contribution < 1.29 is 18.8 Å². The second kappa shape index (κ2) is 8.00. The number of carbonyl (C=O) groups excluding carboxylic acids is 3. The molecule has 2 N–H and O–H groups in total. The van der Waals surface area contributed by atoms with E-state index in [1.807, 2.05) is 42.2 Å². The van der Waals surface area contributed by atoms with Crippen molar-refractivity contribution in [2.75, 3.05) is 18.4 Å². The Balaban J connectivity index is 1.28. The summed E-state index contributed by atoms with van der Waals surface area (Å²) in [7, 11) is 0. The number of carbonyl (C=O) groups is 3. The average Bonchev–Trinajstić information content (AvgIpc) is 3.23. The van der Waals surface area contributed by atoms with Crippen molar-refractivity contribution in [2.24, 2.45) is 0 Å². The molecule has 0 bridgehead atoms. The molecule has 0 aliphatic carbocycles. The van der Waals surface area contributed by atoms with E-state index in [-0.39, 0.29) is 35.9 Å². The first-order valence-corrected chi connectivity index (χ1v) is 10.6. The third-order valence-corrected chi connectivity index (χ3v) is 6.18. The van der Waals surface area contributed by atoms with Gasteiger partial charge >= 0.3 is 0 Å². The average molecular weight is 429 g/mol. The van der Waals surface area contributed by atoms with Crippen molar-refractivity contribution in [1.29, 1.82) is 0 Å². The molecule has 3 heterocycles. The van der Waals surface area contributed by atoms with E-state index in [2.05, 4.69) is 10.6 Å². The minimum atomic E-state index is -0.307. The monoisotopic (exact) mass is 429 g/mol. The van der Waals surface area contributed by atoms with Gasteiger partial charge in [-0.1, -0.05) is 24.3 Å². The van der Waals surface area contributed by atoms with Gasteiger partial charge in [0, 0.05) is 29.9 Å². The number of amides is 3. The smallest absolute Gasteiger partial charge is 0.291 e. The van der Waals surface area contributed by atoms with E-state index in [1.54, 1.807) is 18.2 Å². The fourth-order valence-corrected chi connectivity index (χ4v) is 4.55. The minimum Gasteiger partial charge on any atom is -0.459 e. The first-order valence-electron chi connectivity index (χ1n) is 10.6. The Morgan fingerprint density at radius 3 is 2.72 bits per heavy atom. The molecule has 1 unspecified atom stereocenters. The molecule has 7 nitrogen and oxygen atoms in total. The quantitative estimate of drug-likeness (QED) is 0.666. The number of anilines is 1. The summed E-state index contributed by atoms with van der Waals surface area (Å²) in [5.74, 6) is -0.0728. The molecule has 2 aliphatic rings. The van der Waals surface area contributed by atoms with Crippen molar-refractivity contribution in [3.63, 3.8) is 0 Å². The molecule has 0 saturated heterocycles. The Morgan fingerprint density at radius 2 is 1.97 bits per heavy atom. The molecule has 1 atom stereocenters. The molecule has 5 rings (SSSR count). The van der Waals surface area contributed by atoms with Gasteiger partial charge in [-0.15, -0.1) is 0 Å². The van der Waals surface area contributed by atoms with Crippen LogP contribution in [0.25, 0.3) is 0 Å². The Labute approximate surface area is 185 Å². The van der Waals surface area contributed by atoms with Gasteiger partial charge in [-0.05, 0) is 54.3 Å². The molecule has 0 radical (unpaired) electrons. The van der Waals surface area contributed by atoms with Crippen LogP contribution in [0.15, 0.2) is 59.2 Å². The molecule has 162 valence electrons. The van der Waals surface area contributed by atoms with Crippen molar-refractivity contribution >= 4 is 23.4 Å². The number of hydrogen-bond donors (Lipinski definition) is 2. The Bertz CT molecular complexity index is 1210. The summed E-state index contributed by atoms with van der Waals surface area (Å²) >= 11 is 0. The normalized spacial score (nSPS) is 16.8. The van der Waals surface area contributed by atoms with E-state index < -0.39 is 0 Å². The molecule has 2 aliphatic heterocycles. The lowest BCUT2D eigenvalue weighted by Gasteiger charge is -2.40. The summed E-state index contributed by atoms with van der Waals surface area (Å²) < 4.78 is 5.22. The largest absolute Gasteiger partial charge is 0.459 e. The third-order valence-electron chi connectivity index (χ3n) is 6.18. The summed E-state index contributed by atoms with van der Waals surface area (Å²) in [6.07, 6.45) is 2.49. The molecule has 0 saturated carbocycles. The van der Waals surface area contributed by atoms with Crippen LogP contribution in [0.5, 0.6) is 0 Å². The zero-order valence-electron chi connectivity index (χ0n) is 17.7. The van der Waals surface area contributed by atoms with Crippen molar-refractivity contribution in [3.05, 3.63) is 88.4 Å².